The number of H-pyrrole nitrogens is 1. The maximum atomic E-state index is 11.5. The van der Waals surface area contributed by atoms with Gasteiger partial charge in [-0.1, -0.05) is 6.92 Å². The molecular formula is C12H18N2O2S. The van der Waals surface area contributed by atoms with E-state index in [2.05, 4.69) is 16.9 Å². The van der Waals surface area contributed by atoms with Gasteiger partial charge in [0.25, 0.3) is 0 Å². The minimum atomic E-state index is -2.82. The van der Waals surface area contributed by atoms with Gasteiger partial charge in [0.15, 0.2) is 9.84 Å². The number of fused-ring (bicyclic) bond motifs is 1. The van der Waals surface area contributed by atoms with E-state index in [9.17, 15) is 8.42 Å². The lowest BCUT2D eigenvalue weighted by Crippen LogP contribution is -2.06. The van der Waals surface area contributed by atoms with Crippen LogP contribution in [-0.4, -0.2) is 29.9 Å². The zero-order chi connectivity index (χ0) is 12.0. The van der Waals surface area contributed by atoms with Crippen LogP contribution >= 0.6 is 0 Å². The van der Waals surface area contributed by atoms with Crippen LogP contribution in [-0.2, 0) is 16.3 Å². The van der Waals surface area contributed by atoms with Crippen molar-refractivity contribution in [3.63, 3.8) is 0 Å². The van der Waals surface area contributed by atoms with E-state index in [4.69, 9.17) is 0 Å². The molecule has 1 aliphatic heterocycles. The molecule has 2 atom stereocenters. The molecule has 2 aliphatic rings. The van der Waals surface area contributed by atoms with Gasteiger partial charge in [-0.2, -0.15) is 0 Å². The first kappa shape index (κ1) is 11.3. The zero-order valence-corrected chi connectivity index (χ0v) is 10.9. The second kappa shape index (κ2) is 3.83. The predicted molar refractivity (Wildman–Crippen MR) is 66.0 cm³/mol. The van der Waals surface area contributed by atoms with E-state index in [0.717, 1.165) is 18.7 Å². The summed E-state index contributed by atoms with van der Waals surface area (Å²) >= 11 is 0. The zero-order valence-electron chi connectivity index (χ0n) is 10.1. The molecule has 1 aromatic rings. The van der Waals surface area contributed by atoms with Crippen molar-refractivity contribution < 1.29 is 8.42 Å². The Morgan fingerprint density at radius 2 is 2.18 bits per heavy atom. The molecule has 0 spiro atoms. The second-order valence-electron chi connectivity index (χ2n) is 5.38. The summed E-state index contributed by atoms with van der Waals surface area (Å²) in [4.78, 5) is 8.03. The van der Waals surface area contributed by atoms with Crippen molar-refractivity contribution in [2.75, 3.05) is 11.5 Å². The van der Waals surface area contributed by atoms with Crippen molar-refractivity contribution in [3.05, 3.63) is 17.2 Å². The Bertz CT molecular complexity index is 533. The van der Waals surface area contributed by atoms with E-state index in [-0.39, 0.29) is 11.7 Å². The largest absolute Gasteiger partial charge is 0.345 e. The molecule has 5 heteroatoms. The average molecular weight is 254 g/mol. The first-order chi connectivity index (χ1) is 8.05. The van der Waals surface area contributed by atoms with Gasteiger partial charge in [0.2, 0.25) is 0 Å². The van der Waals surface area contributed by atoms with Crippen LogP contribution in [0, 0.1) is 0 Å². The highest BCUT2D eigenvalue weighted by Gasteiger charge is 2.32. The summed E-state index contributed by atoms with van der Waals surface area (Å²) in [6.45, 7) is 2.20. The Balaban J connectivity index is 1.90. The van der Waals surface area contributed by atoms with Crippen LogP contribution in [0.2, 0.25) is 0 Å². The van der Waals surface area contributed by atoms with Crippen molar-refractivity contribution in [3.8, 4) is 0 Å². The van der Waals surface area contributed by atoms with Gasteiger partial charge >= 0.3 is 0 Å². The van der Waals surface area contributed by atoms with Crippen molar-refractivity contribution in [2.45, 2.75) is 44.4 Å². The normalized spacial score (nSPS) is 31.4. The molecule has 2 unspecified atom stereocenters. The van der Waals surface area contributed by atoms with Gasteiger partial charge < -0.3 is 4.98 Å². The second-order valence-corrected chi connectivity index (χ2v) is 7.61. The van der Waals surface area contributed by atoms with E-state index >= 15 is 0 Å². The SMILES string of the molecule is CC1CCCc2[nH]c(C3CCS(=O)(=O)C3)nc21. The molecule has 0 bridgehead atoms. The molecule has 94 valence electrons. The number of nitrogens with one attached hydrogen (secondary N) is 1. The molecule has 1 saturated heterocycles. The summed E-state index contributed by atoms with van der Waals surface area (Å²) in [6.07, 6.45) is 4.19. The van der Waals surface area contributed by atoms with Crippen molar-refractivity contribution in [2.24, 2.45) is 0 Å². The predicted octanol–water partition coefficient (Wildman–Crippen LogP) is 1.75. The summed E-state index contributed by atoms with van der Waals surface area (Å²) < 4.78 is 23.0. The maximum absolute atomic E-state index is 11.5. The Morgan fingerprint density at radius 3 is 2.82 bits per heavy atom. The quantitative estimate of drug-likeness (QED) is 0.830. The van der Waals surface area contributed by atoms with Crippen LogP contribution in [0.25, 0.3) is 0 Å². The van der Waals surface area contributed by atoms with Gasteiger partial charge in [0, 0.05) is 17.5 Å². The summed E-state index contributed by atoms with van der Waals surface area (Å²) in [5.41, 5.74) is 2.42. The summed E-state index contributed by atoms with van der Waals surface area (Å²) in [6, 6.07) is 0. The van der Waals surface area contributed by atoms with Crippen LogP contribution in [0.1, 0.15) is 55.2 Å². The molecular weight excluding hydrogens is 236 g/mol. The van der Waals surface area contributed by atoms with Gasteiger partial charge in [0.1, 0.15) is 5.82 Å². The van der Waals surface area contributed by atoms with Gasteiger partial charge in [-0.15, -0.1) is 0 Å². The Morgan fingerprint density at radius 1 is 1.35 bits per heavy atom. The molecule has 1 aliphatic carbocycles. The molecule has 0 amide bonds. The topological polar surface area (TPSA) is 62.8 Å². The Hall–Kier alpha value is -0.840. The number of imidazole rings is 1. The highest BCUT2D eigenvalue weighted by molar-refractivity contribution is 7.91. The number of nitrogens with zero attached hydrogens (tertiary/aromatic N) is 1. The van der Waals surface area contributed by atoms with E-state index in [1.165, 1.54) is 24.2 Å². The summed E-state index contributed by atoms with van der Waals surface area (Å²) in [7, 11) is -2.82. The fourth-order valence-electron chi connectivity index (χ4n) is 2.97. The van der Waals surface area contributed by atoms with Crippen LogP contribution in [0.4, 0.5) is 0 Å². The molecule has 0 aromatic carbocycles. The summed E-state index contributed by atoms with van der Waals surface area (Å²) in [5.74, 6) is 2.11. The lowest BCUT2D eigenvalue weighted by atomic mass is 9.92. The van der Waals surface area contributed by atoms with Crippen molar-refractivity contribution >= 4 is 9.84 Å². The monoisotopic (exact) mass is 254 g/mol. The highest BCUT2D eigenvalue weighted by atomic mass is 32.2. The standard InChI is InChI=1S/C12H18N2O2S/c1-8-3-2-4-10-11(8)14-12(13-10)9-5-6-17(15,16)7-9/h8-9H,2-7H2,1H3,(H,13,14). The third-order valence-electron chi connectivity index (χ3n) is 3.98. The first-order valence-electron chi connectivity index (χ1n) is 6.34. The Kier molecular flexibility index (Phi) is 2.54. The van der Waals surface area contributed by atoms with Crippen LogP contribution in [0.15, 0.2) is 0 Å². The number of aryl methyl sites for hydroxylation is 1. The summed E-state index contributed by atoms with van der Waals surface area (Å²) in [5, 5.41) is 0. The van der Waals surface area contributed by atoms with E-state index in [1.807, 2.05) is 0 Å². The lowest BCUT2D eigenvalue weighted by molar-refractivity contribution is 0.574. The van der Waals surface area contributed by atoms with Crippen molar-refractivity contribution in [1.82, 2.24) is 9.97 Å². The lowest BCUT2D eigenvalue weighted by Gasteiger charge is -2.15. The minimum Gasteiger partial charge on any atom is -0.345 e. The minimum absolute atomic E-state index is 0.0952. The molecule has 4 nitrogen and oxygen atoms in total. The molecule has 1 aromatic heterocycles. The van der Waals surface area contributed by atoms with E-state index in [0.29, 0.717) is 11.7 Å². The highest BCUT2D eigenvalue weighted by Crippen LogP contribution is 2.33. The fraction of sp³-hybridized carbons (Fsp3) is 0.750. The number of sulfone groups is 1. The molecule has 2 heterocycles. The fourth-order valence-corrected chi connectivity index (χ4v) is 4.72. The van der Waals surface area contributed by atoms with Gasteiger partial charge in [-0.05, 0) is 25.7 Å². The molecule has 17 heavy (non-hydrogen) atoms. The van der Waals surface area contributed by atoms with Crippen LogP contribution in [0.3, 0.4) is 0 Å². The average Bonchev–Trinajstić information content (AvgIpc) is 2.82. The number of rotatable bonds is 1. The van der Waals surface area contributed by atoms with Crippen LogP contribution in [0.5, 0.6) is 0 Å². The smallest absolute Gasteiger partial charge is 0.151 e. The molecule has 0 saturated carbocycles. The van der Waals surface area contributed by atoms with Gasteiger partial charge in [-0.3, -0.25) is 0 Å². The third-order valence-corrected chi connectivity index (χ3v) is 5.75. The number of hydrogen-bond acceptors (Lipinski definition) is 3. The number of aromatic amines is 1. The van der Waals surface area contributed by atoms with Crippen LogP contribution < -0.4 is 0 Å². The maximum Gasteiger partial charge on any atom is 0.151 e. The first-order valence-corrected chi connectivity index (χ1v) is 8.16. The van der Waals surface area contributed by atoms with E-state index < -0.39 is 9.84 Å². The third kappa shape index (κ3) is 2.01. The molecule has 1 fully saturated rings. The van der Waals surface area contributed by atoms with Crippen molar-refractivity contribution in [1.29, 1.82) is 0 Å². The van der Waals surface area contributed by atoms with E-state index in [1.54, 1.807) is 0 Å². The van der Waals surface area contributed by atoms with Gasteiger partial charge in [0.05, 0.1) is 17.2 Å². The molecule has 3 rings (SSSR count). The number of hydrogen-bond donors (Lipinski definition) is 1. The Labute approximate surface area is 102 Å². The van der Waals surface area contributed by atoms with Gasteiger partial charge in [-0.25, -0.2) is 13.4 Å². The molecule has 1 N–H and O–H groups in total. The molecule has 0 radical (unpaired) electrons. The number of aromatic nitrogens is 2.